The molecule has 1 aromatic heterocycles. The van der Waals surface area contributed by atoms with Crippen molar-refractivity contribution >= 4 is 32.2 Å². The lowest BCUT2D eigenvalue weighted by Gasteiger charge is -2.27. The fourth-order valence-corrected chi connectivity index (χ4v) is 4.60. The predicted molar refractivity (Wildman–Crippen MR) is 102 cm³/mol. The zero-order chi connectivity index (χ0) is 16.1. The minimum Gasteiger partial charge on any atom is -0.508 e. The summed E-state index contributed by atoms with van der Waals surface area (Å²) in [5.74, 6) is 0.976. The predicted octanol–water partition coefficient (Wildman–Crippen LogP) is 5.11. The van der Waals surface area contributed by atoms with Crippen LogP contribution in [-0.2, 0) is 0 Å². The van der Waals surface area contributed by atoms with Gasteiger partial charge in [0.2, 0.25) is 0 Å². The summed E-state index contributed by atoms with van der Waals surface area (Å²) >= 11 is 1.81. The van der Waals surface area contributed by atoms with Crippen LogP contribution < -0.4 is 5.32 Å². The fourth-order valence-electron chi connectivity index (χ4n) is 3.46. The number of hydrogen-bond acceptors (Lipinski definition) is 3. The number of aromatic hydroxyl groups is 1. The molecule has 1 aliphatic heterocycles. The lowest BCUT2D eigenvalue weighted by atomic mass is 9.93. The van der Waals surface area contributed by atoms with Crippen LogP contribution in [0.5, 0.6) is 5.75 Å². The van der Waals surface area contributed by atoms with Gasteiger partial charge in [-0.1, -0.05) is 36.4 Å². The molecule has 24 heavy (non-hydrogen) atoms. The van der Waals surface area contributed by atoms with E-state index >= 15 is 0 Å². The minimum atomic E-state index is 0.322. The van der Waals surface area contributed by atoms with Gasteiger partial charge in [-0.3, -0.25) is 0 Å². The van der Waals surface area contributed by atoms with Gasteiger partial charge in [-0.05, 0) is 46.0 Å². The van der Waals surface area contributed by atoms with Crippen molar-refractivity contribution in [3.05, 3.63) is 66.2 Å². The van der Waals surface area contributed by atoms with Crippen LogP contribution >= 0.6 is 11.3 Å². The van der Waals surface area contributed by atoms with E-state index in [1.54, 1.807) is 0 Å². The second kappa shape index (κ2) is 5.33. The zero-order valence-electron chi connectivity index (χ0n) is 13.1. The van der Waals surface area contributed by atoms with Crippen molar-refractivity contribution in [2.75, 3.05) is 13.1 Å². The van der Waals surface area contributed by atoms with E-state index in [9.17, 15) is 5.11 Å². The van der Waals surface area contributed by atoms with E-state index in [2.05, 4.69) is 41.7 Å². The third-order valence-electron chi connectivity index (χ3n) is 4.91. The Morgan fingerprint density at radius 2 is 1.79 bits per heavy atom. The first-order chi connectivity index (χ1) is 11.8. The SMILES string of the molecule is Oc1cc(-c2cc3ccc(C4CNC4)cc3s2)c2ccccc2c1. The third-order valence-corrected chi connectivity index (χ3v) is 6.04. The highest BCUT2D eigenvalue weighted by atomic mass is 32.1. The number of rotatable bonds is 2. The molecule has 0 bridgehead atoms. The van der Waals surface area contributed by atoms with Crippen molar-refractivity contribution < 1.29 is 5.11 Å². The maximum absolute atomic E-state index is 10.1. The van der Waals surface area contributed by atoms with Crippen molar-refractivity contribution in [2.24, 2.45) is 0 Å². The Bertz CT molecular complexity index is 1060. The molecule has 0 saturated carbocycles. The maximum Gasteiger partial charge on any atom is 0.116 e. The molecular formula is C21H17NOS. The Morgan fingerprint density at radius 1 is 0.917 bits per heavy atom. The zero-order valence-corrected chi connectivity index (χ0v) is 13.9. The number of phenolic OH excluding ortho intramolecular Hbond substituents is 1. The molecule has 2 N–H and O–H groups in total. The Labute approximate surface area is 144 Å². The number of hydrogen-bond donors (Lipinski definition) is 2. The first-order valence-corrected chi connectivity index (χ1v) is 9.06. The van der Waals surface area contributed by atoms with Gasteiger partial charge in [0.05, 0.1) is 0 Å². The first-order valence-electron chi connectivity index (χ1n) is 8.24. The van der Waals surface area contributed by atoms with Crippen LogP contribution in [0.3, 0.4) is 0 Å². The molecule has 0 unspecified atom stereocenters. The molecule has 118 valence electrons. The molecular weight excluding hydrogens is 314 g/mol. The number of phenols is 1. The van der Waals surface area contributed by atoms with Gasteiger partial charge < -0.3 is 10.4 Å². The van der Waals surface area contributed by atoms with E-state index in [4.69, 9.17) is 0 Å². The Kier molecular flexibility index (Phi) is 3.12. The van der Waals surface area contributed by atoms with Gasteiger partial charge in [0.1, 0.15) is 5.75 Å². The number of fused-ring (bicyclic) bond motifs is 2. The summed E-state index contributed by atoms with van der Waals surface area (Å²) in [6, 6.07) is 21.0. The van der Waals surface area contributed by atoms with E-state index in [0.29, 0.717) is 11.7 Å². The van der Waals surface area contributed by atoms with E-state index in [1.807, 2.05) is 35.6 Å². The standard InChI is InChI=1S/C21H17NOS/c23-17-7-14-3-1-2-4-18(14)19(10-17)21-9-15-6-5-13(8-20(15)24-21)16-11-22-12-16/h1-10,16,22-23H,11-12H2. The Morgan fingerprint density at radius 3 is 2.62 bits per heavy atom. The summed E-state index contributed by atoms with van der Waals surface area (Å²) in [5, 5.41) is 17.0. The molecule has 0 atom stereocenters. The van der Waals surface area contributed by atoms with Gasteiger partial charge in [0, 0.05) is 34.1 Å². The normalized spacial score (nSPS) is 15.0. The number of thiophene rings is 1. The summed E-state index contributed by atoms with van der Waals surface area (Å²) < 4.78 is 1.32. The largest absolute Gasteiger partial charge is 0.508 e. The van der Waals surface area contributed by atoms with Gasteiger partial charge in [0.25, 0.3) is 0 Å². The molecule has 0 aliphatic carbocycles. The van der Waals surface area contributed by atoms with Crippen molar-refractivity contribution in [3.63, 3.8) is 0 Å². The topological polar surface area (TPSA) is 32.3 Å². The van der Waals surface area contributed by atoms with E-state index in [1.165, 1.54) is 25.9 Å². The molecule has 0 amide bonds. The average Bonchev–Trinajstić information content (AvgIpc) is 2.95. The smallest absolute Gasteiger partial charge is 0.116 e. The Balaban J connectivity index is 1.69. The number of nitrogens with one attached hydrogen (secondary N) is 1. The van der Waals surface area contributed by atoms with E-state index < -0.39 is 0 Å². The lowest BCUT2D eigenvalue weighted by molar-refractivity contribution is 0.449. The summed E-state index contributed by atoms with van der Waals surface area (Å²) in [7, 11) is 0. The Hall–Kier alpha value is -2.36. The molecule has 1 fully saturated rings. The van der Waals surface area contributed by atoms with Crippen LogP contribution in [0.1, 0.15) is 11.5 Å². The van der Waals surface area contributed by atoms with Crippen molar-refractivity contribution in [1.82, 2.24) is 5.32 Å². The maximum atomic E-state index is 10.1. The van der Waals surface area contributed by atoms with Gasteiger partial charge >= 0.3 is 0 Å². The quantitative estimate of drug-likeness (QED) is 0.535. The number of benzene rings is 3. The molecule has 1 saturated heterocycles. The van der Waals surface area contributed by atoms with E-state index in [-0.39, 0.29) is 0 Å². The van der Waals surface area contributed by atoms with Gasteiger partial charge in [-0.25, -0.2) is 0 Å². The van der Waals surface area contributed by atoms with Gasteiger partial charge in [0.15, 0.2) is 0 Å². The molecule has 5 rings (SSSR count). The highest BCUT2D eigenvalue weighted by molar-refractivity contribution is 7.22. The highest BCUT2D eigenvalue weighted by Crippen LogP contribution is 2.40. The van der Waals surface area contributed by atoms with Gasteiger partial charge in [-0.15, -0.1) is 11.3 Å². The molecule has 3 aromatic carbocycles. The molecule has 2 nitrogen and oxygen atoms in total. The summed E-state index contributed by atoms with van der Waals surface area (Å²) in [4.78, 5) is 1.21. The molecule has 4 aromatic rings. The van der Waals surface area contributed by atoms with Crippen LogP contribution in [0, 0.1) is 0 Å². The van der Waals surface area contributed by atoms with Crippen molar-refractivity contribution in [2.45, 2.75) is 5.92 Å². The van der Waals surface area contributed by atoms with Gasteiger partial charge in [-0.2, -0.15) is 0 Å². The van der Waals surface area contributed by atoms with Crippen molar-refractivity contribution in [3.8, 4) is 16.2 Å². The van der Waals surface area contributed by atoms with Crippen LogP contribution in [0.25, 0.3) is 31.3 Å². The van der Waals surface area contributed by atoms with E-state index in [0.717, 1.165) is 24.0 Å². The second-order valence-corrected chi connectivity index (χ2v) is 7.56. The van der Waals surface area contributed by atoms with Crippen LogP contribution in [0.2, 0.25) is 0 Å². The third kappa shape index (κ3) is 2.20. The lowest BCUT2D eigenvalue weighted by Crippen LogP contribution is -2.39. The van der Waals surface area contributed by atoms with Crippen LogP contribution in [0.15, 0.2) is 60.7 Å². The highest BCUT2D eigenvalue weighted by Gasteiger charge is 2.19. The summed E-state index contributed by atoms with van der Waals surface area (Å²) in [6.07, 6.45) is 0. The molecule has 0 spiro atoms. The first kappa shape index (κ1) is 14.0. The van der Waals surface area contributed by atoms with Crippen LogP contribution in [0.4, 0.5) is 0 Å². The van der Waals surface area contributed by atoms with Crippen LogP contribution in [-0.4, -0.2) is 18.2 Å². The monoisotopic (exact) mass is 331 g/mol. The summed E-state index contributed by atoms with van der Waals surface area (Å²) in [5.41, 5.74) is 2.54. The molecule has 2 heterocycles. The minimum absolute atomic E-state index is 0.322. The van der Waals surface area contributed by atoms with Crippen molar-refractivity contribution in [1.29, 1.82) is 0 Å². The molecule has 3 heteroatoms. The summed E-state index contributed by atoms with van der Waals surface area (Å²) in [6.45, 7) is 2.17. The second-order valence-electron chi connectivity index (χ2n) is 6.48. The fraction of sp³-hybridized carbons (Fsp3) is 0.143. The molecule has 1 aliphatic rings. The molecule has 0 radical (unpaired) electrons. The average molecular weight is 331 g/mol.